The summed E-state index contributed by atoms with van der Waals surface area (Å²) >= 11 is 0. The van der Waals surface area contributed by atoms with Gasteiger partial charge in [-0.2, -0.15) is 10.5 Å². The normalized spacial score (nSPS) is 10.9. The second-order valence-electron chi connectivity index (χ2n) is 4.77. The van der Waals surface area contributed by atoms with Crippen LogP contribution < -0.4 is 4.74 Å². The number of esters is 1. The molecule has 5 heteroatoms. The molecule has 23 heavy (non-hydrogen) atoms. The van der Waals surface area contributed by atoms with Gasteiger partial charge in [-0.1, -0.05) is 18.2 Å². The maximum atomic E-state index is 12.0. The summed E-state index contributed by atoms with van der Waals surface area (Å²) in [6.45, 7) is 1.60. The lowest BCUT2D eigenvalue weighted by molar-refractivity contribution is -0.152. The van der Waals surface area contributed by atoms with E-state index < -0.39 is 12.1 Å². The van der Waals surface area contributed by atoms with Crippen molar-refractivity contribution in [3.63, 3.8) is 0 Å². The molecular weight excluding hydrogens is 292 g/mol. The summed E-state index contributed by atoms with van der Waals surface area (Å²) in [5.74, 6) is -0.0482. The van der Waals surface area contributed by atoms with Crippen molar-refractivity contribution < 1.29 is 14.3 Å². The molecule has 0 N–H and O–H groups in total. The Bertz CT molecular complexity index is 770. The van der Waals surface area contributed by atoms with Crippen LogP contribution in [0.5, 0.6) is 5.75 Å². The number of nitrogens with zero attached hydrogens (tertiary/aromatic N) is 2. The van der Waals surface area contributed by atoms with Gasteiger partial charge in [0.2, 0.25) is 0 Å². The Morgan fingerprint density at radius 3 is 2.43 bits per heavy atom. The molecule has 2 aromatic carbocycles. The Labute approximate surface area is 134 Å². The predicted molar refractivity (Wildman–Crippen MR) is 82.2 cm³/mol. The number of rotatable bonds is 5. The minimum Gasteiger partial charge on any atom is -0.479 e. The average molecular weight is 306 g/mol. The van der Waals surface area contributed by atoms with E-state index in [1.807, 2.05) is 6.07 Å². The van der Waals surface area contributed by atoms with Crippen LogP contribution in [-0.4, -0.2) is 12.1 Å². The van der Waals surface area contributed by atoms with E-state index in [1.165, 1.54) is 0 Å². The number of ether oxygens (including phenoxy) is 2. The van der Waals surface area contributed by atoms with Gasteiger partial charge in [0.15, 0.2) is 6.10 Å². The molecule has 0 aromatic heterocycles. The van der Waals surface area contributed by atoms with Gasteiger partial charge in [0.25, 0.3) is 0 Å². The van der Waals surface area contributed by atoms with Crippen LogP contribution in [0.25, 0.3) is 0 Å². The number of carbonyl (C=O) groups is 1. The van der Waals surface area contributed by atoms with Gasteiger partial charge in [0, 0.05) is 5.56 Å². The van der Waals surface area contributed by atoms with Crippen LogP contribution in [-0.2, 0) is 16.1 Å². The number of hydrogen-bond acceptors (Lipinski definition) is 5. The summed E-state index contributed by atoms with van der Waals surface area (Å²) in [4.78, 5) is 12.0. The zero-order valence-corrected chi connectivity index (χ0v) is 12.5. The van der Waals surface area contributed by atoms with E-state index in [4.69, 9.17) is 20.0 Å². The SMILES string of the molecule is C[C@H](Oc1ccc(C#N)cc1)C(=O)OCc1ccccc1C#N. The van der Waals surface area contributed by atoms with Gasteiger partial charge < -0.3 is 9.47 Å². The van der Waals surface area contributed by atoms with Crippen molar-refractivity contribution in [3.05, 3.63) is 65.2 Å². The number of carbonyl (C=O) groups excluding carboxylic acids is 1. The Hall–Kier alpha value is -3.31. The first-order valence-corrected chi connectivity index (χ1v) is 6.95. The molecule has 0 unspecified atom stereocenters. The van der Waals surface area contributed by atoms with E-state index in [-0.39, 0.29) is 6.61 Å². The standard InChI is InChI=1S/C18H14N2O3/c1-13(23-17-8-6-14(10-19)7-9-17)18(21)22-12-16-5-3-2-4-15(16)11-20/h2-9,13H,12H2,1H3/t13-/m0/s1. The van der Waals surface area contributed by atoms with Crippen LogP contribution in [0.3, 0.4) is 0 Å². The molecule has 5 nitrogen and oxygen atoms in total. The van der Waals surface area contributed by atoms with Gasteiger partial charge in [-0.3, -0.25) is 0 Å². The molecule has 0 saturated carbocycles. The van der Waals surface area contributed by atoms with Crippen LogP contribution >= 0.6 is 0 Å². The molecule has 2 aromatic rings. The van der Waals surface area contributed by atoms with Crippen molar-refractivity contribution >= 4 is 5.97 Å². The first-order chi connectivity index (χ1) is 11.1. The first-order valence-electron chi connectivity index (χ1n) is 6.95. The van der Waals surface area contributed by atoms with Crippen molar-refractivity contribution in [2.45, 2.75) is 19.6 Å². The Kier molecular flexibility index (Phi) is 5.33. The van der Waals surface area contributed by atoms with Crippen LogP contribution in [0, 0.1) is 22.7 Å². The topological polar surface area (TPSA) is 83.1 Å². The second kappa shape index (κ2) is 7.63. The van der Waals surface area contributed by atoms with Crippen LogP contribution in [0.15, 0.2) is 48.5 Å². The quantitative estimate of drug-likeness (QED) is 0.793. The molecular formula is C18H14N2O3. The highest BCUT2D eigenvalue weighted by Crippen LogP contribution is 2.15. The summed E-state index contributed by atoms with van der Waals surface area (Å²) in [5.41, 5.74) is 1.63. The number of benzene rings is 2. The summed E-state index contributed by atoms with van der Waals surface area (Å²) in [6, 6.07) is 17.4. The summed E-state index contributed by atoms with van der Waals surface area (Å²) in [6.07, 6.45) is -0.794. The minimum absolute atomic E-state index is 0.0175. The highest BCUT2D eigenvalue weighted by atomic mass is 16.6. The van der Waals surface area contributed by atoms with Crippen LogP contribution in [0.1, 0.15) is 23.6 Å². The second-order valence-corrected chi connectivity index (χ2v) is 4.77. The lowest BCUT2D eigenvalue weighted by atomic mass is 10.1. The summed E-state index contributed by atoms with van der Waals surface area (Å²) in [7, 11) is 0. The molecule has 0 heterocycles. The van der Waals surface area contributed by atoms with Crippen molar-refractivity contribution in [2.24, 2.45) is 0 Å². The fraction of sp³-hybridized carbons (Fsp3) is 0.167. The average Bonchev–Trinajstić information content (AvgIpc) is 2.60. The Morgan fingerprint density at radius 2 is 1.78 bits per heavy atom. The lowest BCUT2D eigenvalue weighted by Crippen LogP contribution is -2.26. The molecule has 0 radical (unpaired) electrons. The summed E-state index contributed by atoms with van der Waals surface area (Å²) < 4.78 is 10.7. The zero-order chi connectivity index (χ0) is 16.7. The molecule has 0 fully saturated rings. The maximum absolute atomic E-state index is 12.0. The van der Waals surface area contributed by atoms with Gasteiger partial charge in [-0.25, -0.2) is 4.79 Å². The Morgan fingerprint density at radius 1 is 1.09 bits per heavy atom. The third-order valence-corrected chi connectivity index (χ3v) is 3.14. The monoisotopic (exact) mass is 306 g/mol. The highest BCUT2D eigenvalue weighted by Gasteiger charge is 2.17. The van der Waals surface area contributed by atoms with E-state index >= 15 is 0 Å². The summed E-state index contributed by atoms with van der Waals surface area (Å²) in [5, 5.41) is 17.7. The van der Waals surface area contributed by atoms with E-state index in [2.05, 4.69) is 6.07 Å². The zero-order valence-electron chi connectivity index (χ0n) is 12.5. The van der Waals surface area contributed by atoms with Crippen LogP contribution in [0.4, 0.5) is 0 Å². The van der Waals surface area contributed by atoms with E-state index in [0.29, 0.717) is 22.4 Å². The molecule has 0 aliphatic rings. The third kappa shape index (κ3) is 4.33. The van der Waals surface area contributed by atoms with Gasteiger partial charge in [-0.15, -0.1) is 0 Å². The Balaban J connectivity index is 1.92. The van der Waals surface area contributed by atoms with Gasteiger partial charge in [0.1, 0.15) is 12.4 Å². The van der Waals surface area contributed by atoms with E-state index in [0.717, 1.165) is 0 Å². The van der Waals surface area contributed by atoms with E-state index in [9.17, 15) is 4.79 Å². The van der Waals surface area contributed by atoms with E-state index in [1.54, 1.807) is 55.5 Å². The molecule has 0 spiro atoms. The van der Waals surface area contributed by atoms with Gasteiger partial charge in [0.05, 0.1) is 23.3 Å². The largest absolute Gasteiger partial charge is 0.479 e. The highest BCUT2D eigenvalue weighted by molar-refractivity contribution is 5.74. The molecule has 0 amide bonds. The smallest absolute Gasteiger partial charge is 0.347 e. The van der Waals surface area contributed by atoms with Crippen LogP contribution in [0.2, 0.25) is 0 Å². The molecule has 0 aliphatic heterocycles. The fourth-order valence-corrected chi connectivity index (χ4v) is 1.88. The lowest BCUT2D eigenvalue weighted by Gasteiger charge is -2.14. The minimum atomic E-state index is -0.794. The van der Waals surface area contributed by atoms with Gasteiger partial charge >= 0.3 is 5.97 Å². The first kappa shape index (κ1) is 16.1. The molecule has 2 rings (SSSR count). The molecule has 114 valence electrons. The van der Waals surface area contributed by atoms with Gasteiger partial charge in [-0.05, 0) is 37.3 Å². The number of nitriles is 2. The molecule has 0 aliphatic carbocycles. The number of hydrogen-bond donors (Lipinski definition) is 0. The maximum Gasteiger partial charge on any atom is 0.347 e. The fourth-order valence-electron chi connectivity index (χ4n) is 1.88. The van der Waals surface area contributed by atoms with Crippen molar-refractivity contribution in [1.29, 1.82) is 10.5 Å². The van der Waals surface area contributed by atoms with Crippen molar-refractivity contribution in [2.75, 3.05) is 0 Å². The van der Waals surface area contributed by atoms with Crippen molar-refractivity contribution in [1.82, 2.24) is 0 Å². The third-order valence-electron chi connectivity index (χ3n) is 3.14. The molecule has 0 bridgehead atoms. The predicted octanol–water partition coefficient (Wildman–Crippen LogP) is 2.94. The molecule has 1 atom stereocenters. The van der Waals surface area contributed by atoms with Crippen molar-refractivity contribution in [3.8, 4) is 17.9 Å². The molecule has 0 saturated heterocycles.